The number of amides is 2. The maximum Gasteiger partial charge on any atom is 0.222 e. The van der Waals surface area contributed by atoms with Crippen molar-refractivity contribution in [3.63, 3.8) is 0 Å². The fraction of sp³-hybridized carbons (Fsp3) is 0.667. The summed E-state index contributed by atoms with van der Waals surface area (Å²) < 4.78 is 0. The Morgan fingerprint density at radius 3 is 3.00 bits per heavy atom. The van der Waals surface area contributed by atoms with Crippen molar-refractivity contribution in [2.24, 2.45) is 11.7 Å². The van der Waals surface area contributed by atoms with E-state index in [4.69, 9.17) is 5.73 Å². The average molecular weight is 350 g/mol. The van der Waals surface area contributed by atoms with Gasteiger partial charge in [-0.15, -0.1) is 11.3 Å². The third kappa shape index (κ3) is 3.98. The van der Waals surface area contributed by atoms with Gasteiger partial charge in [-0.1, -0.05) is 6.07 Å². The molecule has 0 aromatic carbocycles. The summed E-state index contributed by atoms with van der Waals surface area (Å²) in [7, 11) is 0. The van der Waals surface area contributed by atoms with Gasteiger partial charge in [-0.05, 0) is 49.6 Å². The Labute approximate surface area is 147 Å². The Bertz CT molecular complexity index is 561. The van der Waals surface area contributed by atoms with Crippen LogP contribution in [-0.4, -0.2) is 53.8 Å². The van der Waals surface area contributed by atoms with Crippen LogP contribution in [0.1, 0.15) is 37.0 Å². The van der Waals surface area contributed by atoms with Gasteiger partial charge in [0.1, 0.15) is 0 Å². The minimum Gasteiger partial charge on any atom is -0.342 e. The smallest absolute Gasteiger partial charge is 0.222 e. The molecule has 1 aromatic rings. The van der Waals surface area contributed by atoms with E-state index in [1.54, 1.807) is 11.3 Å². The lowest BCUT2D eigenvalue weighted by Crippen LogP contribution is -2.57. The van der Waals surface area contributed by atoms with Crippen LogP contribution in [0.2, 0.25) is 0 Å². The molecule has 0 aliphatic carbocycles. The van der Waals surface area contributed by atoms with Crippen LogP contribution in [0.25, 0.3) is 0 Å². The van der Waals surface area contributed by atoms with Gasteiger partial charge in [-0.3, -0.25) is 9.59 Å². The van der Waals surface area contributed by atoms with Crippen LogP contribution in [0.5, 0.6) is 0 Å². The van der Waals surface area contributed by atoms with Gasteiger partial charge in [0.15, 0.2) is 0 Å². The number of aryl methyl sites for hydroxylation is 1. The summed E-state index contributed by atoms with van der Waals surface area (Å²) in [4.78, 5) is 30.1. The van der Waals surface area contributed by atoms with E-state index in [0.717, 1.165) is 45.3 Å². The number of likely N-dealkylation sites (tertiary alicyclic amines) is 2. The van der Waals surface area contributed by atoms with Crippen molar-refractivity contribution in [3.8, 4) is 0 Å². The molecule has 2 aliphatic heterocycles. The zero-order valence-electron chi connectivity index (χ0n) is 14.2. The van der Waals surface area contributed by atoms with E-state index >= 15 is 0 Å². The average Bonchev–Trinajstić information content (AvgIpc) is 3.12. The molecule has 3 rings (SSSR count). The van der Waals surface area contributed by atoms with Crippen molar-refractivity contribution >= 4 is 23.2 Å². The van der Waals surface area contributed by atoms with Crippen LogP contribution < -0.4 is 5.73 Å². The molecule has 2 saturated heterocycles. The Balaban J connectivity index is 1.54. The molecule has 1 aromatic heterocycles. The summed E-state index contributed by atoms with van der Waals surface area (Å²) in [6.45, 7) is 2.97. The summed E-state index contributed by atoms with van der Waals surface area (Å²) in [6.07, 6.45) is 4.72. The number of hydrogen-bond acceptors (Lipinski definition) is 4. The molecule has 2 aliphatic rings. The van der Waals surface area contributed by atoms with Crippen molar-refractivity contribution in [2.45, 2.75) is 44.6 Å². The molecular formula is C18H27N3O2S. The standard InChI is InChI=1S/C18H27N3O2S/c19-9-2-10-21-16-8-11-20(13-14(16)4-6-18(21)23)17(22)7-5-15-3-1-12-24-15/h1,3,12,14,16H,2,4-11,13,19H2/t14-,16+/m0/s1. The fourth-order valence-corrected chi connectivity index (χ4v) is 4.68. The summed E-state index contributed by atoms with van der Waals surface area (Å²) in [6, 6.07) is 4.43. The van der Waals surface area contributed by atoms with E-state index < -0.39 is 0 Å². The molecular weight excluding hydrogens is 322 g/mol. The van der Waals surface area contributed by atoms with Crippen molar-refractivity contribution in [1.29, 1.82) is 0 Å². The van der Waals surface area contributed by atoms with Crippen molar-refractivity contribution < 1.29 is 9.59 Å². The SMILES string of the molecule is NCCCN1C(=O)CC[C@H]2CN(C(=O)CCc3cccs3)CC[C@H]21. The van der Waals surface area contributed by atoms with Crippen LogP contribution in [0.4, 0.5) is 0 Å². The number of piperidine rings is 2. The van der Waals surface area contributed by atoms with Crippen molar-refractivity contribution in [1.82, 2.24) is 9.80 Å². The molecule has 2 atom stereocenters. The van der Waals surface area contributed by atoms with Crippen molar-refractivity contribution in [2.75, 3.05) is 26.2 Å². The summed E-state index contributed by atoms with van der Waals surface area (Å²) in [5, 5.41) is 2.06. The molecule has 3 heterocycles. The quantitative estimate of drug-likeness (QED) is 0.852. The highest BCUT2D eigenvalue weighted by atomic mass is 32.1. The van der Waals surface area contributed by atoms with E-state index in [1.807, 2.05) is 15.9 Å². The van der Waals surface area contributed by atoms with Gasteiger partial charge in [0.25, 0.3) is 0 Å². The highest BCUT2D eigenvalue weighted by Gasteiger charge is 2.39. The number of rotatable bonds is 6. The second-order valence-electron chi connectivity index (χ2n) is 6.80. The summed E-state index contributed by atoms with van der Waals surface area (Å²) in [5.41, 5.74) is 5.60. The van der Waals surface area contributed by atoms with Gasteiger partial charge in [-0.2, -0.15) is 0 Å². The number of carbonyl (C=O) groups is 2. The Morgan fingerprint density at radius 1 is 1.38 bits per heavy atom. The molecule has 0 radical (unpaired) electrons. The number of nitrogens with two attached hydrogens (primary N) is 1. The zero-order chi connectivity index (χ0) is 16.9. The van der Waals surface area contributed by atoms with Crippen LogP contribution >= 0.6 is 11.3 Å². The van der Waals surface area contributed by atoms with Gasteiger partial charge in [0.05, 0.1) is 0 Å². The Hall–Kier alpha value is -1.40. The lowest BCUT2D eigenvalue weighted by atomic mass is 9.83. The lowest BCUT2D eigenvalue weighted by Gasteiger charge is -2.47. The number of carbonyl (C=O) groups excluding carboxylic acids is 2. The first-order valence-corrected chi connectivity index (χ1v) is 9.86. The minimum atomic E-state index is 0.257. The highest BCUT2D eigenvalue weighted by Crippen LogP contribution is 2.31. The molecule has 2 amide bonds. The molecule has 2 N–H and O–H groups in total. The summed E-state index contributed by atoms with van der Waals surface area (Å²) in [5.74, 6) is 0.953. The van der Waals surface area contributed by atoms with Crippen LogP contribution in [0.3, 0.4) is 0 Å². The molecule has 6 heteroatoms. The highest BCUT2D eigenvalue weighted by molar-refractivity contribution is 7.09. The topological polar surface area (TPSA) is 66.6 Å². The normalized spacial score (nSPS) is 24.1. The number of fused-ring (bicyclic) bond motifs is 1. The molecule has 24 heavy (non-hydrogen) atoms. The monoisotopic (exact) mass is 349 g/mol. The maximum atomic E-state index is 12.5. The predicted molar refractivity (Wildman–Crippen MR) is 95.7 cm³/mol. The second kappa shape index (κ2) is 8.12. The molecule has 0 unspecified atom stereocenters. The zero-order valence-corrected chi connectivity index (χ0v) is 15.0. The number of thiophene rings is 1. The molecule has 0 saturated carbocycles. The van der Waals surface area contributed by atoms with Gasteiger partial charge in [0.2, 0.25) is 11.8 Å². The van der Waals surface area contributed by atoms with Crippen LogP contribution in [0, 0.1) is 5.92 Å². The van der Waals surface area contributed by atoms with Crippen LogP contribution in [-0.2, 0) is 16.0 Å². The van der Waals surface area contributed by atoms with E-state index in [-0.39, 0.29) is 11.8 Å². The first kappa shape index (κ1) is 17.4. The van der Waals surface area contributed by atoms with Gasteiger partial charge >= 0.3 is 0 Å². The third-order valence-electron chi connectivity index (χ3n) is 5.26. The molecule has 2 fully saturated rings. The maximum absolute atomic E-state index is 12.5. The van der Waals surface area contributed by atoms with Crippen molar-refractivity contribution in [3.05, 3.63) is 22.4 Å². The Kier molecular flexibility index (Phi) is 5.89. The lowest BCUT2D eigenvalue weighted by molar-refractivity contribution is -0.144. The number of nitrogens with zero attached hydrogens (tertiary/aromatic N) is 2. The largest absolute Gasteiger partial charge is 0.342 e. The number of hydrogen-bond donors (Lipinski definition) is 1. The van der Waals surface area contributed by atoms with Gasteiger partial charge < -0.3 is 15.5 Å². The first-order valence-electron chi connectivity index (χ1n) is 8.98. The summed E-state index contributed by atoms with van der Waals surface area (Å²) >= 11 is 1.71. The second-order valence-corrected chi connectivity index (χ2v) is 7.84. The molecule has 5 nitrogen and oxygen atoms in total. The fourth-order valence-electron chi connectivity index (χ4n) is 3.97. The van der Waals surface area contributed by atoms with Gasteiger partial charge in [-0.25, -0.2) is 0 Å². The molecule has 132 valence electrons. The van der Waals surface area contributed by atoms with Gasteiger partial charge in [0, 0.05) is 43.4 Å². The van der Waals surface area contributed by atoms with E-state index in [9.17, 15) is 9.59 Å². The molecule has 0 spiro atoms. The minimum absolute atomic E-state index is 0.257. The predicted octanol–water partition coefficient (Wildman–Crippen LogP) is 1.87. The molecule has 0 bridgehead atoms. The Morgan fingerprint density at radius 2 is 2.25 bits per heavy atom. The van der Waals surface area contributed by atoms with E-state index in [1.165, 1.54) is 4.88 Å². The van der Waals surface area contributed by atoms with Crippen LogP contribution in [0.15, 0.2) is 17.5 Å². The van der Waals surface area contributed by atoms with E-state index in [2.05, 4.69) is 11.4 Å². The third-order valence-corrected chi connectivity index (χ3v) is 6.20. The van der Waals surface area contributed by atoms with E-state index in [0.29, 0.717) is 31.3 Å². The first-order chi connectivity index (χ1) is 11.7.